The number of benzene rings is 2. The summed E-state index contributed by atoms with van der Waals surface area (Å²) in [6, 6.07) is 15.1. The zero-order valence-electron chi connectivity index (χ0n) is 18.4. The van der Waals surface area contributed by atoms with Crippen molar-refractivity contribution in [2.45, 2.75) is 6.92 Å². The molecule has 2 aromatic carbocycles. The van der Waals surface area contributed by atoms with Crippen molar-refractivity contribution < 1.29 is 19.1 Å². The summed E-state index contributed by atoms with van der Waals surface area (Å²) in [6.45, 7) is 4.04. The van der Waals surface area contributed by atoms with Crippen LogP contribution in [0.25, 0.3) is 10.6 Å². The van der Waals surface area contributed by atoms with Crippen LogP contribution in [0.4, 0.5) is 5.69 Å². The molecule has 0 unspecified atom stereocenters. The Morgan fingerprint density at radius 3 is 2.33 bits per heavy atom. The number of nitrogens with zero attached hydrogens (tertiary/aromatic N) is 3. The van der Waals surface area contributed by atoms with Gasteiger partial charge in [-0.1, -0.05) is 23.7 Å². The predicted octanol–water partition coefficient (Wildman–Crippen LogP) is 4.29. The second kappa shape index (κ2) is 10.2. The number of rotatable bonds is 6. The Labute approximate surface area is 201 Å². The van der Waals surface area contributed by atoms with Crippen molar-refractivity contribution in [2.24, 2.45) is 0 Å². The lowest BCUT2D eigenvalue weighted by atomic mass is 10.2. The van der Waals surface area contributed by atoms with Gasteiger partial charge in [-0.05, 0) is 43.3 Å². The maximum atomic E-state index is 12.6. The molecule has 0 atom stereocenters. The summed E-state index contributed by atoms with van der Waals surface area (Å²) in [6.07, 6.45) is 0. The van der Waals surface area contributed by atoms with Gasteiger partial charge in [0.05, 0.1) is 12.8 Å². The van der Waals surface area contributed by atoms with Crippen LogP contribution >= 0.6 is 22.9 Å². The number of aryl methyl sites for hydroxylation is 1. The molecule has 1 saturated heterocycles. The van der Waals surface area contributed by atoms with Crippen LogP contribution in [-0.2, 0) is 9.53 Å². The molecule has 0 spiro atoms. The monoisotopic (exact) mass is 485 g/mol. The summed E-state index contributed by atoms with van der Waals surface area (Å²) in [4.78, 5) is 34.0. The number of esters is 1. The Morgan fingerprint density at radius 1 is 1.03 bits per heavy atom. The number of hydrogen-bond donors (Lipinski definition) is 0. The van der Waals surface area contributed by atoms with Crippen LogP contribution in [0.15, 0.2) is 48.5 Å². The molecule has 0 radical (unpaired) electrons. The number of anilines is 1. The van der Waals surface area contributed by atoms with E-state index in [0.29, 0.717) is 46.8 Å². The molecule has 9 heteroatoms. The standard InChI is InChI=1S/C24H24ClN3O4S/c1-16-22(33-23(26-16)17-3-5-18(25)6-4-17)24(30)32-15-21(29)28-13-11-27(12-14-28)19-7-9-20(31-2)10-8-19/h3-10H,11-15H2,1-2H3. The normalized spacial score (nSPS) is 13.7. The zero-order chi connectivity index (χ0) is 23.4. The zero-order valence-corrected chi connectivity index (χ0v) is 20.0. The van der Waals surface area contributed by atoms with E-state index in [-0.39, 0.29) is 12.5 Å². The SMILES string of the molecule is COc1ccc(N2CCN(C(=O)COC(=O)c3sc(-c4ccc(Cl)cc4)nc3C)CC2)cc1. The first kappa shape index (κ1) is 23.1. The predicted molar refractivity (Wildman–Crippen MR) is 129 cm³/mol. The molecule has 1 aliphatic rings. The maximum absolute atomic E-state index is 12.6. The van der Waals surface area contributed by atoms with Gasteiger partial charge in [0.1, 0.15) is 15.6 Å². The number of amides is 1. The third kappa shape index (κ3) is 5.46. The summed E-state index contributed by atoms with van der Waals surface area (Å²) < 4.78 is 10.5. The second-order valence-electron chi connectivity index (χ2n) is 7.58. The van der Waals surface area contributed by atoms with E-state index in [1.807, 2.05) is 36.4 Å². The van der Waals surface area contributed by atoms with Crippen LogP contribution in [0.1, 0.15) is 15.4 Å². The molecule has 7 nitrogen and oxygen atoms in total. The van der Waals surface area contributed by atoms with Gasteiger partial charge in [-0.15, -0.1) is 11.3 Å². The Morgan fingerprint density at radius 2 is 1.70 bits per heavy atom. The molecule has 0 aliphatic carbocycles. The van der Waals surface area contributed by atoms with Gasteiger partial charge in [0, 0.05) is 42.5 Å². The number of hydrogen-bond acceptors (Lipinski definition) is 7. The lowest BCUT2D eigenvalue weighted by molar-refractivity contribution is -0.134. The van der Waals surface area contributed by atoms with Crippen molar-refractivity contribution in [3.8, 4) is 16.3 Å². The summed E-state index contributed by atoms with van der Waals surface area (Å²) >= 11 is 7.18. The van der Waals surface area contributed by atoms with Crippen molar-refractivity contribution >= 4 is 40.5 Å². The highest BCUT2D eigenvalue weighted by Crippen LogP contribution is 2.29. The fourth-order valence-corrected chi connectivity index (χ4v) is 4.68. The molecule has 0 saturated carbocycles. The van der Waals surface area contributed by atoms with E-state index in [1.165, 1.54) is 11.3 Å². The molecule has 2 heterocycles. The highest BCUT2D eigenvalue weighted by molar-refractivity contribution is 7.17. The molecular weight excluding hydrogens is 462 g/mol. The van der Waals surface area contributed by atoms with Crippen LogP contribution in [0, 0.1) is 6.92 Å². The minimum Gasteiger partial charge on any atom is -0.497 e. The minimum atomic E-state index is -0.532. The van der Waals surface area contributed by atoms with Crippen LogP contribution in [-0.4, -0.2) is 61.7 Å². The average molecular weight is 486 g/mol. The van der Waals surface area contributed by atoms with Crippen molar-refractivity contribution in [3.63, 3.8) is 0 Å². The van der Waals surface area contributed by atoms with E-state index in [1.54, 1.807) is 31.1 Å². The van der Waals surface area contributed by atoms with E-state index >= 15 is 0 Å². The maximum Gasteiger partial charge on any atom is 0.350 e. The first-order valence-electron chi connectivity index (χ1n) is 10.5. The molecule has 0 N–H and O–H groups in total. The lowest BCUT2D eigenvalue weighted by Gasteiger charge is -2.36. The topological polar surface area (TPSA) is 72.0 Å². The number of piperazine rings is 1. The summed E-state index contributed by atoms with van der Waals surface area (Å²) in [7, 11) is 1.64. The van der Waals surface area contributed by atoms with Crippen LogP contribution in [0.2, 0.25) is 5.02 Å². The fourth-order valence-electron chi connectivity index (χ4n) is 3.59. The molecule has 0 bridgehead atoms. The highest BCUT2D eigenvalue weighted by Gasteiger charge is 2.24. The first-order chi connectivity index (χ1) is 15.9. The number of carbonyl (C=O) groups excluding carboxylic acids is 2. The number of halogens is 1. The molecular formula is C24H24ClN3O4S. The smallest absolute Gasteiger partial charge is 0.350 e. The van der Waals surface area contributed by atoms with Gasteiger partial charge in [-0.3, -0.25) is 4.79 Å². The van der Waals surface area contributed by atoms with Crippen LogP contribution in [0.3, 0.4) is 0 Å². The number of aromatic nitrogens is 1. The largest absolute Gasteiger partial charge is 0.497 e. The molecule has 172 valence electrons. The quantitative estimate of drug-likeness (QED) is 0.485. The van der Waals surface area contributed by atoms with Gasteiger partial charge in [-0.2, -0.15) is 0 Å². The molecule has 1 aromatic heterocycles. The van der Waals surface area contributed by atoms with Gasteiger partial charge in [0.25, 0.3) is 5.91 Å². The lowest BCUT2D eigenvalue weighted by Crippen LogP contribution is -2.49. The Kier molecular flexibility index (Phi) is 7.15. The summed E-state index contributed by atoms with van der Waals surface area (Å²) in [5, 5.41) is 1.34. The van der Waals surface area contributed by atoms with E-state index in [0.717, 1.165) is 17.0 Å². The molecule has 33 heavy (non-hydrogen) atoms. The minimum absolute atomic E-state index is 0.196. The van der Waals surface area contributed by atoms with Crippen molar-refractivity contribution in [1.29, 1.82) is 0 Å². The fraction of sp³-hybridized carbons (Fsp3) is 0.292. The van der Waals surface area contributed by atoms with Gasteiger partial charge in [0.15, 0.2) is 6.61 Å². The van der Waals surface area contributed by atoms with Crippen molar-refractivity contribution in [3.05, 3.63) is 64.1 Å². The first-order valence-corrected chi connectivity index (χ1v) is 11.7. The van der Waals surface area contributed by atoms with Gasteiger partial charge in [0.2, 0.25) is 0 Å². The van der Waals surface area contributed by atoms with Crippen molar-refractivity contribution in [2.75, 3.05) is 44.8 Å². The van der Waals surface area contributed by atoms with Gasteiger partial charge >= 0.3 is 5.97 Å². The van der Waals surface area contributed by atoms with Gasteiger partial charge in [-0.25, -0.2) is 9.78 Å². The second-order valence-corrected chi connectivity index (χ2v) is 9.02. The molecule has 3 aromatic rings. The summed E-state index contributed by atoms with van der Waals surface area (Å²) in [5.74, 6) is 0.0825. The highest BCUT2D eigenvalue weighted by atomic mass is 35.5. The molecule has 1 amide bonds. The molecule has 1 aliphatic heterocycles. The average Bonchev–Trinajstić information content (AvgIpc) is 3.24. The van der Waals surface area contributed by atoms with E-state index in [4.69, 9.17) is 21.1 Å². The Hall–Kier alpha value is -3.10. The number of carbonyl (C=O) groups is 2. The molecule has 1 fully saturated rings. The molecule has 4 rings (SSSR count). The number of methoxy groups -OCH3 is 1. The Bertz CT molecular complexity index is 1120. The van der Waals surface area contributed by atoms with Crippen LogP contribution < -0.4 is 9.64 Å². The third-order valence-corrected chi connectivity index (χ3v) is 6.91. The van der Waals surface area contributed by atoms with E-state index < -0.39 is 5.97 Å². The van der Waals surface area contributed by atoms with Crippen molar-refractivity contribution in [1.82, 2.24) is 9.88 Å². The van der Waals surface area contributed by atoms with E-state index in [9.17, 15) is 9.59 Å². The number of thiazole rings is 1. The number of ether oxygens (including phenoxy) is 2. The van der Waals surface area contributed by atoms with Gasteiger partial charge < -0.3 is 19.3 Å². The summed E-state index contributed by atoms with van der Waals surface area (Å²) in [5.41, 5.74) is 2.54. The van der Waals surface area contributed by atoms with Crippen LogP contribution in [0.5, 0.6) is 5.75 Å². The van der Waals surface area contributed by atoms with E-state index in [2.05, 4.69) is 9.88 Å². The third-order valence-electron chi connectivity index (χ3n) is 5.47. The Balaban J connectivity index is 1.29.